The number of benzene rings is 3. The van der Waals surface area contributed by atoms with Crippen LogP contribution in [0.2, 0.25) is 0 Å². The van der Waals surface area contributed by atoms with Crippen LogP contribution in [0.1, 0.15) is 31.9 Å². The molecule has 1 N–H and O–H groups in total. The van der Waals surface area contributed by atoms with Crippen LogP contribution in [0.5, 0.6) is 5.75 Å². The Morgan fingerprint density at radius 3 is 2.12 bits per heavy atom. The Labute approximate surface area is 244 Å². The summed E-state index contributed by atoms with van der Waals surface area (Å²) in [6, 6.07) is 25.3. The van der Waals surface area contributed by atoms with Crippen LogP contribution in [-0.2, 0) is 17.8 Å². The van der Waals surface area contributed by atoms with Gasteiger partial charge in [-0.1, -0.05) is 60.7 Å². The van der Waals surface area contributed by atoms with Gasteiger partial charge in [0.15, 0.2) is 11.5 Å². The molecule has 0 atom stereocenters. The summed E-state index contributed by atoms with van der Waals surface area (Å²) in [6.07, 6.45) is 0.924. The van der Waals surface area contributed by atoms with E-state index >= 15 is 0 Å². The van der Waals surface area contributed by atoms with Crippen LogP contribution in [0.25, 0.3) is 16.9 Å². The van der Waals surface area contributed by atoms with E-state index in [4.69, 9.17) is 9.47 Å². The Morgan fingerprint density at radius 1 is 0.929 bits per heavy atom. The Kier molecular flexibility index (Phi) is 7.97. The van der Waals surface area contributed by atoms with Crippen molar-refractivity contribution in [3.8, 4) is 11.4 Å². The van der Waals surface area contributed by atoms with Gasteiger partial charge in [-0.05, 0) is 38.0 Å². The number of carbonyl (C=O) groups excluding carboxylic acids is 1. The first-order valence-corrected chi connectivity index (χ1v) is 13.6. The van der Waals surface area contributed by atoms with Crippen molar-refractivity contribution in [1.29, 1.82) is 0 Å². The molecule has 5 aromatic rings. The van der Waals surface area contributed by atoms with E-state index < -0.39 is 17.4 Å². The molecule has 2 aromatic heterocycles. The number of aromatic nitrogens is 4. The summed E-state index contributed by atoms with van der Waals surface area (Å²) in [7, 11) is 3.13. The average molecular weight is 567 g/mol. The molecule has 0 aliphatic carbocycles. The minimum atomic E-state index is -0.667. The summed E-state index contributed by atoms with van der Waals surface area (Å²) in [6.45, 7) is 6.55. The summed E-state index contributed by atoms with van der Waals surface area (Å²) >= 11 is 0. The second kappa shape index (κ2) is 11.8. The zero-order valence-electron chi connectivity index (χ0n) is 24.4. The van der Waals surface area contributed by atoms with Gasteiger partial charge in [0.25, 0.3) is 0 Å². The van der Waals surface area contributed by atoms with E-state index in [9.17, 15) is 9.59 Å². The highest BCUT2D eigenvalue weighted by molar-refractivity contribution is 5.89. The fourth-order valence-corrected chi connectivity index (χ4v) is 4.64. The zero-order chi connectivity index (χ0) is 29.9. The van der Waals surface area contributed by atoms with Gasteiger partial charge in [0.2, 0.25) is 0 Å². The van der Waals surface area contributed by atoms with Crippen molar-refractivity contribution < 1.29 is 14.3 Å². The van der Waals surface area contributed by atoms with Gasteiger partial charge in [0, 0.05) is 32.3 Å². The third-order valence-electron chi connectivity index (χ3n) is 6.61. The highest BCUT2D eigenvalue weighted by Gasteiger charge is 2.23. The lowest BCUT2D eigenvalue weighted by Gasteiger charge is -2.25. The normalized spacial score (nSPS) is 11.4. The van der Waals surface area contributed by atoms with Crippen molar-refractivity contribution in [3.05, 3.63) is 107 Å². The molecule has 3 aromatic carbocycles. The molecule has 0 spiro atoms. The number of methoxy groups -OCH3 is 1. The third-order valence-corrected chi connectivity index (χ3v) is 6.61. The first kappa shape index (κ1) is 28.4. The molecule has 0 radical (unpaired) electrons. The number of aromatic amines is 1. The number of H-pyrrole nitrogens is 1. The quantitative estimate of drug-likeness (QED) is 0.257. The first-order chi connectivity index (χ1) is 20.1. The summed E-state index contributed by atoms with van der Waals surface area (Å²) in [5, 5.41) is 0. The molecule has 0 unspecified atom stereocenters. The molecule has 0 bridgehead atoms. The number of amides is 1. The summed E-state index contributed by atoms with van der Waals surface area (Å²) in [4.78, 5) is 41.9. The molecule has 5 rings (SSSR count). The van der Waals surface area contributed by atoms with Crippen molar-refractivity contribution in [2.45, 2.75) is 39.5 Å². The van der Waals surface area contributed by atoms with Gasteiger partial charge in [-0.2, -0.15) is 0 Å². The minimum Gasteiger partial charge on any atom is -0.497 e. The molecule has 10 nitrogen and oxygen atoms in total. The highest BCUT2D eigenvalue weighted by atomic mass is 16.6. The van der Waals surface area contributed by atoms with Gasteiger partial charge in [-0.3, -0.25) is 4.90 Å². The first-order valence-electron chi connectivity index (χ1n) is 13.6. The van der Waals surface area contributed by atoms with Crippen molar-refractivity contribution >= 4 is 28.8 Å². The molecule has 2 heterocycles. The van der Waals surface area contributed by atoms with Crippen molar-refractivity contribution in [1.82, 2.24) is 19.5 Å². The number of rotatable bonds is 8. The van der Waals surface area contributed by atoms with Crippen LogP contribution in [0.3, 0.4) is 0 Å². The number of hydrogen-bond acceptors (Lipinski definition) is 7. The van der Waals surface area contributed by atoms with Crippen molar-refractivity contribution in [3.63, 3.8) is 0 Å². The maximum Gasteiger partial charge on any atom is 0.414 e. The van der Waals surface area contributed by atoms with E-state index in [-0.39, 0.29) is 0 Å². The Morgan fingerprint density at radius 2 is 1.55 bits per heavy atom. The van der Waals surface area contributed by atoms with Crippen LogP contribution in [0, 0.1) is 0 Å². The summed E-state index contributed by atoms with van der Waals surface area (Å²) in [5.41, 5.74) is 3.00. The maximum absolute atomic E-state index is 13.5. The zero-order valence-corrected chi connectivity index (χ0v) is 24.4. The second-order valence-corrected chi connectivity index (χ2v) is 10.9. The van der Waals surface area contributed by atoms with E-state index in [0.717, 1.165) is 11.1 Å². The van der Waals surface area contributed by atoms with Crippen molar-refractivity contribution in [2.75, 3.05) is 24.0 Å². The molecule has 0 saturated heterocycles. The predicted molar refractivity (Wildman–Crippen MR) is 163 cm³/mol. The molecule has 0 saturated carbocycles. The van der Waals surface area contributed by atoms with Gasteiger partial charge in [-0.15, -0.1) is 0 Å². The van der Waals surface area contributed by atoms with Crippen LogP contribution in [0.15, 0.2) is 90.0 Å². The number of ether oxygens (including phenoxy) is 2. The molecule has 0 aliphatic rings. The van der Waals surface area contributed by atoms with Gasteiger partial charge in [-0.25, -0.2) is 24.1 Å². The number of fused-ring (bicyclic) bond motifs is 1. The number of nitrogens with zero attached hydrogens (tertiary/aromatic N) is 5. The molecule has 0 aliphatic heterocycles. The summed E-state index contributed by atoms with van der Waals surface area (Å²) < 4.78 is 12.5. The average Bonchev–Trinajstić information content (AvgIpc) is 3.32. The lowest BCUT2D eigenvalue weighted by molar-refractivity contribution is 0.0589. The molecule has 10 heteroatoms. The monoisotopic (exact) mass is 566 g/mol. The highest BCUT2D eigenvalue weighted by Crippen LogP contribution is 2.30. The van der Waals surface area contributed by atoms with Gasteiger partial charge in [0.05, 0.1) is 18.5 Å². The molecule has 42 heavy (non-hydrogen) atoms. The van der Waals surface area contributed by atoms with E-state index in [1.807, 2.05) is 36.4 Å². The fourth-order valence-electron chi connectivity index (χ4n) is 4.64. The largest absolute Gasteiger partial charge is 0.497 e. The Balaban J connectivity index is 1.60. The van der Waals surface area contributed by atoms with E-state index in [2.05, 4.69) is 44.1 Å². The number of nitrogens with one attached hydrogen (secondary N) is 1. The predicted octanol–water partition coefficient (Wildman–Crippen LogP) is 5.70. The minimum absolute atomic E-state index is 0.398. The molecule has 0 fully saturated rings. The van der Waals surface area contributed by atoms with E-state index in [1.165, 1.54) is 22.9 Å². The van der Waals surface area contributed by atoms with Crippen LogP contribution >= 0.6 is 0 Å². The van der Waals surface area contributed by atoms with E-state index in [0.29, 0.717) is 47.2 Å². The Bertz CT molecular complexity index is 1700. The number of imidazole rings is 1. The van der Waals surface area contributed by atoms with Gasteiger partial charge < -0.3 is 19.4 Å². The van der Waals surface area contributed by atoms with Gasteiger partial charge >= 0.3 is 11.8 Å². The van der Waals surface area contributed by atoms with Crippen LogP contribution < -0.4 is 20.2 Å². The molecule has 1 amide bonds. The van der Waals surface area contributed by atoms with Crippen LogP contribution in [-0.4, -0.2) is 45.4 Å². The standard InChI is InChI=1S/C32H34N6O4/c1-32(2,3)42-31(40)36(4)24-16-25(18-26(17-24)41-5)38-29-27(35-30(38)39)28(33-21-34-29)37(19-22-12-8-6-9-13-22)20-23-14-10-7-11-15-23/h6-18,21H,19-20H2,1-5H3,(H,35,39). The Hall–Kier alpha value is -5.12. The molecule has 216 valence electrons. The smallest absolute Gasteiger partial charge is 0.414 e. The molecular weight excluding hydrogens is 532 g/mol. The third kappa shape index (κ3) is 6.27. The van der Waals surface area contributed by atoms with Gasteiger partial charge in [0.1, 0.15) is 23.2 Å². The fraction of sp³-hybridized carbons (Fsp3) is 0.250. The number of hydrogen-bond donors (Lipinski definition) is 1. The SMILES string of the molecule is COc1cc(N(C)C(=O)OC(C)(C)C)cc(-n2c(=O)[nH]c3c(N(Cc4ccccc4)Cc4ccccc4)ncnc32)c1. The number of anilines is 2. The summed E-state index contributed by atoms with van der Waals surface area (Å²) in [5.74, 6) is 1.06. The lowest BCUT2D eigenvalue weighted by atomic mass is 10.1. The molecular formula is C32H34N6O4. The van der Waals surface area contributed by atoms with E-state index in [1.54, 1.807) is 46.0 Å². The van der Waals surface area contributed by atoms with Crippen molar-refractivity contribution in [2.24, 2.45) is 0 Å². The topological polar surface area (TPSA) is 106 Å². The van der Waals surface area contributed by atoms with Crippen LogP contribution in [0.4, 0.5) is 16.3 Å². The maximum atomic E-state index is 13.5. The number of carbonyl (C=O) groups is 1. The lowest BCUT2D eigenvalue weighted by Crippen LogP contribution is -2.34. The second-order valence-electron chi connectivity index (χ2n) is 10.9.